The maximum absolute atomic E-state index is 11.0. The molecule has 5 N–H and O–H groups in total. The van der Waals surface area contributed by atoms with Crippen LogP contribution in [-0.2, 0) is 0 Å². The zero-order valence-corrected chi connectivity index (χ0v) is 10.5. The van der Waals surface area contributed by atoms with Gasteiger partial charge in [-0.25, -0.2) is 4.68 Å². The van der Waals surface area contributed by atoms with E-state index in [0.717, 1.165) is 13.0 Å². The summed E-state index contributed by atoms with van der Waals surface area (Å²) >= 11 is 0. The van der Waals surface area contributed by atoms with Crippen molar-refractivity contribution in [3.63, 3.8) is 0 Å². The Kier molecular flexibility index (Phi) is 3.60. The number of aromatic nitrogens is 4. The first-order chi connectivity index (χ1) is 9.10. The van der Waals surface area contributed by atoms with Gasteiger partial charge in [-0.3, -0.25) is 4.79 Å². The average Bonchev–Trinajstić information content (AvgIpc) is 2.85. The highest BCUT2D eigenvalue weighted by atomic mass is 16.1. The van der Waals surface area contributed by atoms with E-state index in [1.54, 1.807) is 12.3 Å². The highest BCUT2D eigenvalue weighted by molar-refractivity contribution is 5.90. The van der Waals surface area contributed by atoms with Crippen molar-refractivity contribution in [2.24, 2.45) is 5.73 Å². The summed E-state index contributed by atoms with van der Waals surface area (Å²) in [6.45, 7) is 2.83. The van der Waals surface area contributed by atoms with Gasteiger partial charge in [0.25, 0.3) is 5.91 Å². The molecule has 0 unspecified atom stereocenters. The molecule has 1 amide bonds. The molecule has 8 nitrogen and oxygen atoms in total. The Balaban J connectivity index is 2.32. The molecule has 0 bridgehead atoms. The molecule has 0 aromatic carbocycles. The summed E-state index contributed by atoms with van der Waals surface area (Å²) in [7, 11) is 0. The SMILES string of the molecule is CCCNc1cc(-n2ccc(C(N)=O)n2)nc(N)n1. The van der Waals surface area contributed by atoms with E-state index in [0.29, 0.717) is 11.6 Å². The molecule has 8 heteroatoms. The smallest absolute Gasteiger partial charge is 0.269 e. The molecule has 0 saturated heterocycles. The summed E-state index contributed by atoms with van der Waals surface area (Å²) < 4.78 is 1.43. The van der Waals surface area contributed by atoms with Gasteiger partial charge in [-0.1, -0.05) is 6.92 Å². The van der Waals surface area contributed by atoms with Gasteiger partial charge in [0.15, 0.2) is 5.82 Å². The van der Waals surface area contributed by atoms with Crippen LogP contribution in [0.1, 0.15) is 23.8 Å². The number of carbonyl (C=O) groups is 1. The lowest BCUT2D eigenvalue weighted by atomic mass is 10.4. The third-order valence-electron chi connectivity index (χ3n) is 2.36. The number of primary amides is 1. The van der Waals surface area contributed by atoms with Crippen LogP contribution in [0.25, 0.3) is 5.82 Å². The Morgan fingerprint density at radius 1 is 1.47 bits per heavy atom. The number of anilines is 2. The zero-order chi connectivity index (χ0) is 13.8. The maximum Gasteiger partial charge on any atom is 0.269 e. The zero-order valence-electron chi connectivity index (χ0n) is 10.5. The van der Waals surface area contributed by atoms with Gasteiger partial charge >= 0.3 is 0 Å². The van der Waals surface area contributed by atoms with Gasteiger partial charge < -0.3 is 16.8 Å². The Labute approximate surface area is 109 Å². The first-order valence-corrected chi connectivity index (χ1v) is 5.84. The fourth-order valence-electron chi connectivity index (χ4n) is 1.50. The molecule has 0 fully saturated rings. The quantitative estimate of drug-likeness (QED) is 0.704. The predicted molar refractivity (Wildman–Crippen MR) is 70.9 cm³/mol. The first kappa shape index (κ1) is 12.8. The minimum Gasteiger partial charge on any atom is -0.370 e. The number of nitrogen functional groups attached to an aromatic ring is 1. The Hall–Kier alpha value is -2.64. The molecule has 0 aliphatic heterocycles. The second-order valence-corrected chi connectivity index (χ2v) is 3.91. The van der Waals surface area contributed by atoms with Crippen LogP contribution in [0.5, 0.6) is 0 Å². The van der Waals surface area contributed by atoms with E-state index in [4.69, 9.17) is 11.5 Å². The summed E-state index contributed by atoms with van der Waals surface area (Å²) in [5.41, 5.74) is 11.0. The topological polar surface area (TPSA) is 125 Å². The van der Waals surface area contributed by atoms with Crippen LogP contribution in [0.15, 0.2) is 18.3 Å². The second-order valence-electron chi connectivity index (χ2n) is 3.91. The lowest BCUT2D eigenvalue weighted by molar-refractivity contribution is 0.0995. The van der Waals surface area contributed by atoms with Gasteiger partial charge in [0.05, 0.1) is 0 Å². The summed E-state index contributed by atoms with van der Waals surface area (Å²) in [6, 6.07) is 3.21. The Morgan fingerprint density at radius 3 is 2.89 bits per heavy atom. The molecule has 0 radical (unpaired) electrons. The van der Waals surface area contributed by atoms with Crippen LogP contribution in [-0.4, -0.2) is 32.2 Å². The maximum atomic E-state index is 11.0. The average molecular weight is 261 g/mol. The predicted octanol–water partition coefficient (Wildman–Crippen LogP) is 0.165. The second kappa shape index (κ2) is 5.34. The van der Waals surface area contributed by atoms with Gasteiger partial charge in [-0.05, 0) is 12.5 Å². The third-order valence-corrected chi connectivity index (χ3v) is 2.36. The molecule has 19 heavy (non-hydrogen) atoms. The highest BCUT2D eigenvalue weighted by Crippen LogP contribution is 2.12. The number of hydrogen-bond donors (Lipinski definition) is 3. The molecule has 0 spiro atoms. The van der Waals surface area contributed by atoms with Crippen LogP contribution < -0.4 is 16.8 Å². The number of rotatable bonds is 5. The number of nitrogens with zero attached hydrogens (tertiary/aromatic N) is 4. The van der Waals surface area contributed by atoms with E-state index in [1.165, 1.54) is 10.7 Å². The highest BCUT2D eigenvalue weighted by Gasteiger charge is 2.08. The van der Waals surface area contributed by atoms with Gasteiger partial charge in [0.2, 0.25) is 5.95 Å². The van der Waals surface area contributed by atoms with Crippen molar-refractivity contribution in [1.29, 1.82) is 0 Å². The summed E-state index contributed by atoms with van der Waals surface area (Å²) in [5.74, 6) is 0.622. The lowest BCUT2D eigenvalue weighted by Gasteiger charge is -2.07. The van der Waals surface area contributed by atoms with E-state index in [2.05, 4.69) is 20.4 Å². The number of carbonyl (C=O) groups excluding carboxylic acids is 1. The molecule has 2 heterocycles. The molecule has 0 aliphatic rings. The Bertz CT molecular complexity index is 592. The molecule has 2 aromatic heterocycles. The molecule has 100 valence electrons. The van der Waals surface area contributed by atoms with E-state index in [1.807, 2.05) is 6.92 Å². The monoisotopic (exact) mass is 261 g/mol. The van der Waals surface area contributed by atoms with Crippen molar-refractivity contribution in [2.75, 3.05) is 17.6 Å². The molecule has 0 aliphatic carbocycles. The van der Waals surface area contributed by atoms with Crippen LogP contribution >= 0.6 is 0 Å². The van der Waals surface area contributed by atoms with Gasteiger partial charge in [0, 0.05) is 18.8 Å². The van der Waals surface area contributed by atoms with Crippen LogP contribution in [0.3, 0.4) is 0 Å². The number of nitrogens with one attached hydrogen (secondary N) is 1. The van der Waals surface area contributed by atoms with Crippen LogP contribution in [0.2, 0.25) is 0 Å². The molecule has 2 aromatic rings. The first-order valence-electron chi connectivity index (χ1n) is 5.84. The van der Waals surface area contributed by atoms with E-state index < -0.39 is 5.91 Å². The molecule has 2 rings (SSSR count). The van der Waals surface area contributed by atoms with Crippen molar-refractivity contribution in [2.45, 2.75) is 13.3 Å². The van der Waals surface area contributed by atoms with Crippen molar-refractivity contribution < 1.29 is 4.79 Å². The fraction of sp³-hybridized carbons (Fsp3) is 0.273. The fourth-order valence-corrected chi connectivity index (χ4v) is 1.50. The summed E-state index contributed by atoms with van der Waals surface area (Å²) in [4.78, 5) is 19.1. The minimum atomic E-state index is -0.592. The lowest BCUT2D eigenvalue weighted by Crippen LogP contribution is -2.13. The van der Waals surface area contributed by atoms with Gasteiger partial charge in [-0.15, -0.1) is 0 Å². The van der Waals surface area contributed by atoms with Crippen molar-refractivity contribution in [3.05, 3.63) is 24.0 Å². The van der Waals surface area contributed by atoms with Crippen LogP contribution in [0.4, 0.5) is 11.8 Å². The van der Waals surface area contributed by atoms with E-state index >= 15 is 0 Å². The Morgan fingerprint density at radius 2 is 2.26 bits per heavy atom. The van der Waals surface area contributed by atoms with Gasteiger partial charge in [-0.2, -0.15) is 15.1 Å². The molecular weight excluding hydrogens is 246 g/mol. The van der Waals surface area contributed by atoms with Gasteiger partial charge in [0.1, 0.15) is 11.5 Å². The normalized spacial score (nSPS) is 10.4. The van der Waals surface area contributed by atoms with Crippen molar-refractivity contribution in [1.82, 2.24) is 19.7 Å². The van der Waals surface area contributed by atoms with E-state index in [9.17, 15) is 4.79 Å². The van der Waals surface area contributed by atoms with Crippen molar-refractivity contribution in [3.8, 4) is 5.82 Å². The number of nitrogens with two attached hydrogens (primary N) is 2. The molecule has 0 atom stereocenters. The standard InChI is InChI=1S/C11H15N7O/c1-2-4-14-8-6-9(16-11(13)15-8)18-5-3-7(17-18)10(12)19/h3,5-6H,2,4H2,1H3,(H2,12,19)(H3,13,14,15,16). The van der Waals surface area contributed by atoms with E-state index in [-0.39, 0.29) is 11.6 Å². The minimum absolute atomic E-state index is 0.132. The number of amides is 1. The summed E-state index contributed by atoms with van der Waals surface area (Å²) in [5, 5.41) is 7.12. The summed E-state index contributed by atoms with van der Waals surface area (Å²) in [6.07, 6.45) is 2.55. The molecular formula is C11H15N7O. The largest absolute Gasteiger partial charge is 0.370 e. The van der Waals surface area contributed by atoms with Crippen molar-refractivity contribution >= 4 is 17.7 Å². The third kappa shape index (κ3) is 2.97. The molecule has 0 saturated carbocycles. The number of hydrogen-bond acceptors (Lipinski definition) is 6. The van der Waals surface area contributed by atoms with Crippen LogP contribution in [0, 0.1) is 0 Å².